The van der Waals surface area contributed by atoms with E-state index in [9.17, 15) is 19.2 Å². The van der Waals surface area contributed by atoms with Crippen LogP contribution in [0.1, 0.15) is 62.2 Å². The van der Waals surface area contributed by atoms with Crippen molar-refractivity contribution in [3.05, 3.63) is 28.8 Å². The first-order valence-corrected chi connectivity index (χ1v) is 12.7. The standard InChI is InChI=1S/C25H33ClN4O5/c1-15-14-35-21-10-8-16(26)13-18(21)23(32)28-19(24(33)27-17-5-3-6-17)9-11-22(31)30-12-4-7-20(30)25(34)29(15)2/h8,10,13,15,17,19-20H,3-7,9,11-12,14H2,1-2H3,(H,27,33)(H,28,32)/t15-,19+,20+/m1/s1. The van der Waals surface area contributed by atoms with Crippen molar-refractivity contribution in [2.75, 3.05) is 20.2 Å². The molecule has 9 nitrogen and oxygen atoms in total. The lowest BCUT2D eigenvalue weighted by atomic mass is 9.92. The van der Waals surface area contributed by atoms with Crippen molar-refractivity contribution in [2.45, 2.75) is 76.0 Å². The summed E-state index contributed by atoms with van der Waals surface area (Å²) in [5, 5.41) is 6.12. The lowest BCUT2D eigenvalue weighted by molar-refractivity contribution is -0.144. The van der Waals surface area contributed by atoms with Crippen LogP contribution in [0.2, 0.25) is 5.02 Å². The molecule has 1 aromatic rings. The second kappa shape index (κ2) is 10.8. The van der Waals surface area contributed by atoms with E-state index in [1.807, 2.05) is 6.92 Å². The summed E-state index contributed by atoms with van der Waals surface area (Å²) < 4.78 is 5.94. The summed E-state index contributed by atoms with van der Waals surface area (Å²) in [7, 11) is 1.70. The van der Waals surface area contributed by atoms with E-state index in [1.54, 1.807) is 29.0 Å². The van der Waals surface area contributed by atoms with Crippen molar-refractivity contribution in [1.82, 2.24) is 20.4 Å². The Hall–Kier alpha value is -2.81. The van der Waals surface area contributed by atoms with Crippen molar-refractivity contribution in [1.29, 1.82) is 0 Å². The molecule has 2 aliphatic heterocycles. The van der Waals surface area contributed by atoms with Crippen LogP contribution in [-0.2, 0) is 14.4 Å². The van der Waals surface area contributed by atoms with Gasteiger partial charge in [0, 0.05) is 31.1 Å². The largest absolute Gasteiger partial charge is 0.491 e. The molecule has 4 amide bonds. The number of carbonyl (C=O) groups is 4. The molecule has 0 spiro atoms. The molecule has 1 saturated carbocycles. The molecule has 2 N–H and O–H groups in total. The number of rotatable bonds is 2. The number of likely N-dealkylation sites (N-methyl/N-ethyl adjacent to an activating group) is 1. The van der Waals surface area contributed by atoms with E-state index in [4.69, 9.17) is 16.3 Å². The van der Waals surface area contributed by atoms with Crippen LogP contribution >= 0.6 is 11.6 Å². The highest BCUT2D eigenvalue weighted by Crippen LogP contribution is 2.26. The fraction of sp³-hybridized carbons (Fsp3) is 0.600. The van der Waals surface area contributed by atoms with Crippen LogP contribution in [-0.4, -0.2) is 77.8 Å². The summed E-state index contributed by atoms with van der Waals surface area (Å²) in [5.41, 5.74) is 0.196. The van der Waals surface area contributed by atoms with Gasteiger partial charge in [-0.1, -0.05) is 11.6 Å². The highest BCUT2D eigenvalue weighted by Gasteiger charge is 2.37. The zero-order valence-corrected chi connectivity index (χ0v) is 21.0. The number of ether oxygens (including phenoxy) is 1. The second-order valence-electron chi connectivity index (χ2n) is 9.70. The van der Waals surface area contributed by atoms with Crippen molar-refractivity contribution in [3.63, 3.8) is 0 Å². The Morgan fingerprint density at radius 3 is 2.63 bits per heavy atom. The summed E-state index contributed by atoms with van der Waals surface area (Å²) in [5.74, 6) is -0.827. The van der Waals surface area contributed by atoms with E-state index < -0.39 is 18.0 Å². The SMILES string of the molecule is C[C@@H]1COc2ccc(Cl)cc2C(=O)N[C@H](C(=O)NC2CCC2)CCC(=O)N2CCC[C@H]2C(=O)N1C. The Morgan fingerprint density at radius 1 is 1.14 bits per heavy atom. The first-order chi connectivity index (χ1) is 16.7. The number of nitrogens with one attached hydrogen (secondary N) is 2. The Labute approximate surface area is 210 Å². The van der Waals surface area contributed by atoms with E-state index in [1.165, 1.54) is 6.07 Å². The summed E-state index contributed by atoms with van der Waals surface area (Å²) >= 11 is 6.16. The molecule has 1 aliphatic carbocycles. The Balaban J connectivity index is 1.63. The van der Waals surface area contributed by atoms with Crippen molar-refractivity contribution < 1.29 is 23.9 Å². The summed E-state index contributed by atoms with van der Waals surface area (Å²) in [6.45, 7) is 2.51. The molecule has 2 heterocycles. The van der Waals surface area contributed by atoms with Gasteiger partial charge in [-0.2, -0.15) is 0 Å². The van der Waals surface area contributed by atoms with Gasteiger partial charge < -0.3 is 25.2 Å². The molecule has 0 unspecified atom stereocenters. The maximum atomic E-state index is 13.3. The number of amides is 4. The lowest BCUT2D eigenvalue weighted by Gasteiger charge is -2.31. The van der Waals surface area contributed by atoms with Gasteiger partial charge in [0.25, 0.3) is 5.91 Å². The summed E-state index contributed by atoms with van der Waals surface area (Å²) in [4.78, 5) is 55.8. The zero-order chi connectivity index (χ0) is 25.1. The van der Waals surface area contributed by atoms with Crippen LogP contribution in [0.5, 0.6) is 5.75 Å². The van der Waals surface area contributed by atoms with Gasteiger partial charge in [-0.25, -0.2) is 0 Å². The van der Waals surface area contributed by atoms with E-state index >= 15 is 0 Å². The molecule has 2 fully saturated rings. The monoisotopic (exact) mass is 504 g/mol. The van der Waals surface area contributed by atoms with Gasteiger partial charge in [-0.15, -0.1) is 0 Å². The maximum absolute atomic E-state index is 13.3. The summed E-state index contributed by atoms with van der Waals surface area (Å²) in [6, 6.07) is 3.09. The molecule has 0 aromatic heterocycles. The Morgan fingerprint density at radius 2 is 1.91 bits per heavy atom. The van der Waals surface area contributed by atoms with Crippen LogP contribution in [0, 0.1) is 0 Å². The first kappa shape index (κ1) is 25.3. The van der Waals surface area contributed by atoms with Crippen LogP contribution in [0.15, 0.2) is 18.2 Å². The molecule has 190 valence electrons. The van der Waals surface area contributed by atoms with Gasteiger partial charge in [0.2, 0.25) is 17.7 Å². The molecular weight excluding hydrogens is 472 g/mol. The second-order valence-corrected chi connectivity index (χ2v) is 10.1. The first-order valence-electron chi connectivity index (χ1n) is 12.3. The van der Waals surface area contributed by atoms with Gasteiger partial charge in [-0.3, -0.25) is 19.2 Å². The van der Waals surface area contributed by atoms with Gasteiger partial charge in [-0.05, 0) is 63.6 Å². The fourth-order valence-corrected chi connectivity index (χ4v) is 4.84. The quantitative estimate of drug-likeness (QED) is 0.641. The van der Waals surface area contributed by atoms with Gasteiger partial charge >= 0.3 is 0 Å². The highest BCUT2D eigenvalue weighted by molar-refractivity contribution is 6.31. The molecule has 10 heteroatoms. The summed E-state index contributed by atoms with van der Waals surface area (Å²) in [6.07, 6.45) is 4.39. The molecule has 1 aromatic carbocycles. The predicted molar refractivity (Wildman–Crippen MR) is 130 cm³/mol. The molecular formula is C25H33ClN4O5. The van der Waals surface area contributed by atoms with Gasteiger partial charge in [0.1, 0.15) is 24.4 Å². The third-order valence-electron chi connectivity index (χ3n) is 7.25. The van der Waals surface area contributed by atoms with Crippen LogP contribution in [0.25, 0.3) is 0 Å². The number of halogens is 1. The highest BCUT2D eigenvalue weighted by atomic mass is 35.5. The van der Waals surface area contributed by atoms with Crippen LogP contribution in [0.4, 0.5) is 0 Å². The molecule has 35 heavy (non-hydrogen) atoms. The van der Waals surface area contributed by atoms with Gasteiger partial charge in [0.15, 0.2) is 0 Å². The molecule has 1 saturated heterocycles. The average molecular weight is 505 g/mol. The number of hydrogen-bond acceptors (Lipinski definition) is 5. The van der Waals surface area contributed by atoms with E-state index in [0.29, 0.717) is 23.7 Å². The van der Waals surface area contributed by atoms with E-state index in [-0.39, 0.29) is 54.8 Å². The zero-order valence-electron chi connectivity index (χ0n) is 20.2. The van der Waals surface area contributed by atoms with Crippen molar-refractivity contribution in [2.24, 2.45) is 0 Å². The third-order valence-corrected chi connectivity index (χ3v) is 7.49. The number of carbonyl (C=O) groups excluding carboxylic acids is 4. The molecule has 4 rings (SSSR count). The van der Waals surface area contributed by atoms with Crippen molar-refractivity contribution >= 4 is 35.2 Å². The van der Waals surface area contributed by atoms with E-state index in [0.717, 1.165) is 25.7 Å². The minimum Gasteiger partial charge on any atom is -0.491 e. The normalized spacial score (nSPS) is 26.5. The maximum Gasteiger partial charge on any atom is 0.255 e. The third kappa shape index (κ3) is 5.72. The lowest BCUT2D eigenvalue weighted by Crippen LogP contribution is -2.52. The Kier molecular flexibility index (Phi) is 7.84. The number of benzene rings is 1. The molecule has 0 bridgehead atoms. The number of hydrogen-bond donors (Lipinski definition) is 2. The number of fused-ring (bicyclic) bond motifs is 2. The topological polar surface area (TPSA) is 108 Å². The van der Waals surface area contributed by atoms with Crippen molar-refractivity contribution in [3.8, 4) is 5.75 Å². The minimum atomic E-state index is -0.901. The van der Waals surface area contributed by atoms with Gasteiger partial charge in [0.05, 0.1) is 11.6 Å². The Bertz CT molecular complexity index is 998. The van der Waals surface area contributed by atoms with Crippen LogP contribution in [0.3, 0.4) is 0 Å². The fourth-order valence-electron chi connectivity index (χ4n) is 4.67. The molecule has 3 aliphatic rings. The molecule has 3 atom stereocenters. The minimum absolute atomic E-state index is 0.0466. The predicted octanol–water partition coefficient (Wildman–Crippen LogP) is 2.12. The average Bonchev–Trinajstić information content (AvgIpc) is 3.31. The number of nitrogens with zero attached hydrogens (tertiary/aromatic N) is 2. The van der Waals surface area contributed by atoms with Crippen LogP contribution < -0.4 is 15.4 Å². The molecule has 0 radical (unpaired) electrons. The van der Waals surface area contributed by atoms with E-state index in [2.05, 4.69) is 10.6 Å². The smallest absolute Gasteiger partial charge is 0.255 e.